The summed E-state index contributed by atoms with van der Waals surface area (Å²) in [6.07, 6.45) is 3.48. The molecule has 104 valence electrons. The van der Waals surface area contributed by atoms with Gasteiger partial charge in [-0.2, -0.15) is 0 Å². The zero-order chi connectivity index (χ0) is 13.7. The number of carbonyl (C=O) groups excluding carboxylic acids is 1. The molecule has 0 aromatic heterocycles. The number of piperidine rings is 1. The predicted octanol–water partition coefficient (Wildman–Crippen LogP) is 3.10. The first-order chi connectivity index (χ1) is 9.16. The van der Waals surface area contributed by atoms with Crippen LogP contribution in [0.5, 0.6) is 0 Å². The van der Waals surface area contributed by atoms with E-state index in [9.17, 15) is 4.79 Å². The number of carbonyl (C=O) groups is 1. The number of nitrogens with one attached hydrogen (secondary N) is 1. The van der Waals surface area contributed by atoms with Crippen molar-refractivity contribution in [2.75, 3.05) is 19.6 Å². The SMILES string of the molecule is O=C(CNCc1ccc(Cl)c(Cl)c1)N1CCCCC1. The van der Waals surface area contributed by atoms with E-state index in [0.29, 0.717) is 23.1 Å². The van der Waals surface area contributed by atoms with Crippen LogP contribution in [0.25, 0.3) is 0 Å². The molecule has 1 N–H and O–H groups in total. The molecule has 0 saturated carbocycles. The first-order valence-electron chi connectivity index (χ1n) is 6.59. The van der Waals surface area contributed by atoms with Gasteiger partial charge in [0.2, 0.25) is 5.91 Å². The maximum Gasteiger partial charge on any atom is 0.236 e. The van der Waals surface area contributed by atoms with Gasteiger partial charge in [0.1, 0.15) is 0 Å². The molecular formula is C14H18Cl2N2O. The van der Waals surface area contributed by atoms with Gasteiger partial charge in [-0.05, 0) is 37.0 Å². The Bertz CT molecular complexity index is 445. The molecule has 2 rings (SSSR count). The Hall–Kier alpha value is -0.770. The van der Waals surface area contributed by atoms with Gasteiger partial charge in [-0.3, -0.25) is 4.79 Å². The second kappa shape index (κ2) is 7.13. The zero-order valence-corrected chi connectivity index (χ0v) is 12.3. The number of hydrogen-bond donors (Lipinski definition) is 1. The molecule has 0 radical (unpaired) electrons. The second-order valence-electron chi connectivity index (χ2n) is 4.79. The first-order valence-corrected chi connectivity index (χ1v) is 7.35. The second-order valence-corrected chi connectivity index (χ2v) is 5.61. The van der Waals surface area contributed by atoms with Crippen molar-refractivity contribution in [1.82, 2.24) is 10.2 Å². The Morgan fingerprint density at radius 1 is 1.16 bits per heavy atom. The summed E-state index contributed by atoms with van der Waals surface area (Å²) in [5.74, 6) is 0.180. The van der Waals surface area contributed by atoms with Crippen molar-refractivity contribution in [3.8, 4) is 0 Å². The quantitative estimate of drug-likeness (QED) is 0.927. The number of nitrogens with zero attached hydrogens (tertiary/aromatic N) is 1. The van der Waals surface area contributed by atoms with Gasteiger partial charge in [-0.25, -0.2) is 0 Å². The molecule has 1 aromatic rings. The molecule has 1 aliphatic heterocycles. The Labute approximate surface area is 123 Å². The lowest BCUT2D eigenvalue weighted by atomic mass is 10.1. The van der Waals surface area contributed by atoms with E-state index in [1.54, 1.807) is 6.07 Å². The van der Waals surface area contributed by atoms with E-state index in [4.69, 9.17) is 23.2 Å². The van der Waals surface area contributed by atoms with E-state index in [1.807, 2.05) is 17.0 Å². The number of benzene rings is 1. The van der Waals surface area contributed by atoms with Crippen molar-refractivity contribution in [3.05, 3.63) is 33.8 Å². The lowest BCUT2D eigenvalue weighted by Gasteiger charge is -2.26. The van der Waals surface area contributed by atoms with Crippen LogP contribution in [-0.4, -0.2) is 30.4 Å². The van der Waals surface area contributed by atoms with E-state index in [1.165, 1.54) is 6.42 Å². The summed E-state index contributed by atoms with van der Waals surface area (Å²) in [5, 5.41) is 4.25. The van der Waals surface area contributed by atoms with Crippen LogP contribution in [0, 0.1) is 0 Å². The average Bonchev–Trinajstić information content (AvgIpc) is 2.43. The normalized spacial score (nSPS) is 15.6. The van der Waals surface area contributed by atoms with E-state index >= 15 is 0 Å². The summed E-state index contributed by atoms with van der Waals surface area (Å²) in [6.45, 7) is 2.79. The number of likely N-dealkylation sites (tertiary alicyclic amines) is 1. The average molecular weight is 301 g/mol. The van der Waals surface area contributed by atoms with Crippen LogP contribution in [0.1, 0.15) is 24.8 Å². The minimum Gasteiger partial charge on any atom is -0.342 e. The third-order valence-electron chi connectivity index (χ3n) is 3.30. The topological polar surface area (TPSA) is 32.3 Å². The van der Waals surface area contributed by atoms with Crippen LogP contribution in [0.15, 0.2) is 18.2 Å². The number of amides is 1. The minimum atomic E-state index is 0.180. The Morgan fingerprint density at radius 3 is 2.58 bits per heavy atom. The maximum absolute atomic E-state index is 11.9. The fourth-order valence-electron chi connectivity index (χ4n) is 2.22. The molecule has 1 saturated heterocycles. The van der Waals surface area contributed by atoms with Crippen molar-refractivity contribution in [3.63, 3.8) is 0 Å². The molecule has 0 atom stereocenters. The highest BCUT2D eigenvalue weighted by Gasteiger charge is 2.15. The van der Waals surface area contributed by atoms with E-state index in [0.717, 1.165) is 31.5 Å². The molecule has 1 aromatic carbocycles. The van der Waals surface area contributed by atoms with Crippen LogP contribution in [0.2, 0.25) is 10.0 Å². The molecule has 1 fully saturated rings. The summed E-state index contributed by atoms with van der Waals surface area (Å²) >= 11 is 11.8. The maximum atomic E-state index is 11.9. The molecule has 0 aliphatic carbocycles. The lowest BCUT2D eigenvalue weighted by molar-refractivity contribution is -0.131. The molecule has 5 heteroatoms. The van der Waals surface area contributed by atoms with Crippen molar-refractivity contribution < 1.29 is 4.79 Å². The summed E-state index contributed by atoms with van der Waals surface area (Å²) in [7, 11) is 0. The van der Waals surface area contributed by atoms with Gasteiger partial charge >= 0.3 is 0 Å². The van der Waals surface area contributed by atoms with Crippen molar-refractivity contribution in [1.29, 1.82) is 0 Å². The fraction of sp³-hybridized carbons (Fsp3) is 0.500. The van der Waals surface area contributed by atoms with Crippen LogP contribution < -0.4 is 5.32 Å². The van der Waals surface area contributed by atoms with Crippen molar-refractivity contribution in [2.45, 2.75) is 25.8 Å². The number of rotatable bonds is 4. The first kappa shape index (κ1) is 14.6. The lowest BCUT2D eigenvalue weighted by Crippen LogP contribution is -2.40. The summed E-state index contributed by atoms with van der Waals surface area (Å²) in [6, 6.07) is 5.50. The molecule has 0 spiro atoms. The number of hydrogen-bond acceptors (Lipinski definition) is 2. The Kier molecular flexibility index (Phi) is 5.49. The Balaban J connectivity index is 1.76. The van der Waals surface area contributed by atoms with Crippen molar-refractivity contribution in [2.24, 2.45) is 0 Å². The molecule has 0 bridgehead atoms. The highest BCUT2D eigenvalue weighted by atomic mass is 35.5. The highest BCUT2D eigenvalue weighted by molar-refractivity contribution is 6.42. The van der Waals surface area contributed by atoms with E-state index in [-0.39, 0.29) is 5.91 Å². The van der Waals surface area contributed by atoms with Crippen molar-refractivity contribution >= 4 is 29.1 Å². The predicted molar refractivity (Wildman–Crippen MR) is 78.6 cm³/mol. The molecule has 1 heterocycles. The van der Waals surface area contributed by atoms with Gasteiger partial charge in [-0.1, -0.05) is 29.3 Å². The summed E-state index contributed by atoms with van der Waals surface area (Å²) < 4.78 is 0. The van der Waals surface area contributed by atoms with Crippen LogP contribution in [0.3, 0.4) is 0 Å². The third-order valence-corrected chi connectivity index (χ3v) is 4.04. The largest absolute Gasteiger partial charge is 0.342 e. The molecule has 1 amide bonds. The molecule has 1 aliphatic rings. The smallest absolute Gasteiger partial charge is 0.236 e. The van der Waals surface area contributed by atoms with E-state index < -0.39 is 0 Å². The monoisotopic (exact) mass is 300 g/mol. The third kappa shape index (κ3) is 4.37. The minimum absolute atomic E-state index is 0.180. The van der Waals surface area contributed by atoms with Crippen LogP contribution >= 0.6 is 23.2 Å². The van der Waals surface area contributed by atoms with Gasteiger partial charge in [0, 0.05) is 19.6 Å². The molecule has 0 unspecified atom stereocenters. The molecule has 3 nitrogen and oxygen atoms in total. The summed E-state index contributed by atoms with van der Waals surface area (Å²) in [5.41, 5.74) is 1.03. The fourth-order valence-corrected chi connectivity index (χ4v) is 2.54. The van der Waals surface area contributed by atoms with Gasteiger partial charge in [0.05, 0.1) is 16.6 Å². The van der Waals surface area contributed by atoms with Gasteiger partial charge in [0.15, 0.2) is 0 Å². The Morgan fingerprint density at radius 2 is 1.89 bits per heavy atom. The van der Waals surface area contributed by atoms with Gasteiger partial charge < -0.3 is 10.2 Å². The van der Waals surface area contributed by atoms with Crippen LogP contribution in [-0.2, 0) is 11.3 Å². The highest BCUT2D eigenvalue weighted by Crippen LogP contribution is 2.22. The van der Waals surface area contributed by atoms with Crippen LogP contribution in [0.4, 0.5) is 0 Å². The van der Waals surface area contributed by atoms with Gasteiger partial charge in [-0.15, -0.1) is 0 Å². The van der Waals surface area contributed by atoms with E-state index in [2.05, 4.69) is 5.32 Å². The summed E-state index contributed by atoms with van der Waals surface area (Å²) in [4.78, 5) is 13.9. The zero-order valence-electron chi connectivity index (χ0n) is 10.8. The standard InChI is InChI=1S/C14H18Cl2N2O/c15-12-5-4-11(8-13(12)16)9-17-10-14(19)18-6-2-1-3-7-18/h4-5,8,17H,1-3,6-7,9-10H2. The molecular weight excluding hydrogens is 283 g/mol. The molecule has 19 heavy (non-hydrogen) atoms. The van der Waals surface area contributed by atoms with Gasteiger partial charge in [0.25, 0.3) is 0 Å². The number of halogens is 2.